The van der Waals surface area contributed by atoms with E-state index in [-0.39, 0.29) is 23.8 Å². The second-order valence-electron chi connectivity index (χ2n) is 3.98. The number of cyclic esters (lactones) is 2. The van der Waals surface area contributed by atoms with Crippen molar-refractivity contribution in [3.05, 3.63) is 0 Å². The van der Waals surface area contributed by atoms with Crippen molar-refractivity contribution in [2.75, 3.05) is 0 Å². The summed E-state index contributed by atoms with van der Waals surface area (Å²) in [6, 6.07) is 0. The Labute approximate surface area is 71.1 Å². The quantitative estimate of drug-likeness (QED) is 0.400. The predicted octanol–water partition coefficient (Wildman–Crippen LogP) is 0.978. The molecule has 1 heterocycles. The third-order valence-corrected chi connectivity index (χ3v) is 3.10. The van der Waals surface area contributed by atoms with Crippen molar-refractivity contribution in [3.63, 3.8) is 0 Å². The third-order valence-electron chi connectivity index (χ3n) is 3.10. The molecule has 0 bridgehead atoms. The molecule has 1 aliphatic carbocycles. The Kier molecular flexibility index (Phi) is 1.50. The van der Waals surface area contributed by atoms with Gasteiger partial charge in [-0.25, -0.2) is 0 Å². The van der Waals surface area contributed by atoms with E-state index < -0.39 is 0 Å². The summed E-state index contributed by atoms with van der Waals surface area (Å²) in [6.07, 6.45) is 0.968. The van der Waals surface area contributed by atoms with Crippen LogP contribution in [0.25, 0.3) is 0 Å². The number of ether oxygens (including phenoxy) is 1. The molecule has 1 aliphatic heterocycles. The molecule has 0 spiro atoms. The minimum absolute atomic E-state index is 0.146. The Hall–Kier alpha value is -0.860. The molecule has 1 saturated heterocycles. The van der Waals surface area contributed by atoms with Crippen LogP contribution in [-0.4, -0.2) is 11.9 Å². The summed E-state index contributed by atoms with van der Waals surface area (Å²) < 4.78 is 4.59. The summed E-state index contributed by atoms with van der Waals surface area (Å²) in [5.41, 5.74) is 0. The second kappa shape index (κ2) is 2.31. The van der Waals surface area contributed by atoms with Crippen molar-refractivity contribution < 1.29 is 14.3 Å². The number of hydrogen-bond donors (Lipinski definition) is 0. The van der Waals surface area contributed by atoms with Gasteiger partial charge in [-0.15, -0.1) is 0 Å². The largest absolute Gasteiger partial charge is 0.393 e. The lowest BCUT2D eigenvalue weighted by Gasteiger charge is -2.06. The Bertz CT molecular complexity index is 222. The molecule has 1 saturated carbocycles. The number of carbonyl (C=O) groups is 2. The lowest BCUT2D eigenvalue weighted by Crippen LogP contribution is -2.18. The normalized spacial score (nSPS) is 46.2. The Balaban J connectivity index is 2.32. The Morgan fingerprint density at radius 2 is 1.50 bits per heavy atom. The second-order valence-corrected chi connectivity index (χ2v) is 3.98. The zero-order valence-electron chi connectivity index (χ0n) is 7.24. The molecule has 0 amide bonds. The summed E-state index contributed by atoms with van der Waals surface area (Å²) >= 11 is 0. The van der Waals surface area contributed by atoms with Gasteiger partial charge in [0.15, 0.2) is 0 Å². The van der Waals surface area contributed by atoms with E-state index in [1.54, 1.807) is 0 Å². The molecule has 4 atom stereocenters. The smallest absolute Gasteiger partial charge is 0.317 e. The lowest BCUT2D eigenvalue weighted by atomic mass is 9.91. The SMILES string of the molecule is CC1CC(C)C2C(=O)OC(=O)C12. The number of rotatable bonds is 0. The van der Waals surface area contributed by atoms with E-state index in [9.17, 15) is 9.59 Å². The third kappa shape index (κ3) is 0.822. The summed E-state index contributed by atoms with van der Waals surface area (Å²) in [5.74, 6) is -0.281. The van der Waals surface area contributed by atoms with E-state index in [0.29, 0.717) is 11.8 Å². The number of esters is 2. The van der Waals surface area contributed by atoms with Gasteiger partial charge >= 0.3 is 11.9 Å². The van der Waals surface area contributed by atoms with E-state index in [1.165, 1.54) is 0 Å². The molecule has 66 valence electrons. The van der Waals surface area contributed by atoms with Crippen LogP contribution >= 0.6 is 0 Å². The number of carbonyl (C=O) groups excluding carboxylic acids is 2. The molecular weight excluding hydrogens is 156 g/mol. The van der Waals surface area contributed by atoms with Crippen LogP contribution in [0.4, 0.5) is 0 Å². The van der Waals surface area contributed by atoms with Gasteiger partial charge in [-0.1, -0.05) is 13.8 Å². The highest BCUT2D eigenvalue weighted by Crippen LogP contribution is 2.45. The fourth-order valence-electron chi connectivity index (χ4n) is 2.58. The molecule has 2 rings (SSSR count). The zero-order valence-corrected chi connectivity index (χ0v) is 7.24. The first-order valence-electron chi connectivity index (χ1n) is 4.37. The lowest BCUT2D eigenvalue weighted by molar-refractivity contribution is -0.154. The first kappa shape index (κ1) is 7.77. The first-order valence-corrected chi connectivity index (χ1v) is 4.37. The van der Waals surface area contributed by atoms with Crippen LogP contribution in [0.2, 0.25) is 0 Å². The van der Waals surface area contributed by atoms with Crippen molar-refractivity contribution in [1.29, 1.82) is 0 Å². The Morgan fingerprint density at radius 3 is 1.92 bits per heavy atom. The van der Waals surface area contributed by atoms with Gasteiger partial charge in [0.25, 0.3) is 0 Å². The summed E-state index contributed by atoms with van der Waals surface area (Å²) in [5, 5.41) is 0. The Morgan fingerprint density at radius 1 is 1.08 bits per heavy atom. The van der Waals surface area contributed by atoms with Gasteiger partial charge in [0.2, 0.25) is 0 Å². The number of hydrogen-bond acceptors (Lipinski definition) is 3. The summed E-state index contributed by atoms with van der Waals surface area (Å²) in [7, 11) is 0. The molecule has 4 unspecified atom stereocenters. The van der Waals surface area contributed by atoms with E-state index in [1.807, 2.05) is 13.8 Å². The molecule has 2 aliphatic rings. The first-order chi connectivity index (χ1) is 5.61. The van der Waals surface area contributed by atoms with Crippen molar-refractivity contribution in [2.45, 2.75) is 20.3 Å². The van der Waals surface area contributed by atoms with Gasteiger partial charge in [0.1, 0.15) is 0 Å². The fourth-order valence-corrected chi connectivity index (χ4v) is 2.58. The summed E-state index contributed by atoms with van der Waals surface area (Å²) in [6.45, 7) is 4.03. The van der Waals surface area contributed by atoms with E-state index in [4.69, 9.17) is 0 Å². The minimum atomic E-state index is -0.304. The maximum absolute atomic E-state index is 11.2. The van der Waals surface area contributed by atoms with Crippen LogP contribution in [0.15, 0.2) is 0 Å². The molecular formula is C9H12O3. The van der Waals surface area contributed by atoms with Crippen molar-refractivity contribution in [3.8, 4) is 0 Å². The van der Waals surface area contributed by atoms with Gasteiger partial charge in [0.05, 0.1) is 11.8 Å². The van der Waals surface area contributed by atoms with Crippen LogP contribution in [0.1, 0.15) is 20.3 Å². The molecule has 0 aromatic rings. The van der Waals surface area contributed by atoms with Gasteiger partial charge in [0, 0.05) is 0 Å². The average molecular weight is 168 g/mol. The van der Waals surface area contributed by atoms with Gasteiger partial charge in [-0.3, -0.25) is 9.59 Å². The zero-order chi connectivity index (χ0) is 8.88. The molecule has 0 aromatic carbocycles. The highest BCUT2D eigenvalue weighted by atomic mass is 16.6. The molecule has 0 aromatic heterocycles. The van der Waals surface area contributed by atoms with Crippen molar-refractivity contribution in [1.82, 2.24) is 0 Å². The van der Waals surface area contributed by atoms with E-state index >= 15 is 0 Å². The maximum Gasteiger partial charge on any atom is 0.317 e. The molecule has 3 heteroatoms. The van der Waals surface area contributed by atoms with Crippen LogP contribution < -0.4 is 0 Å². The van der Waals surface area contributed by atoms with Crippen LogP contribution in [-0.2, 0) is 14.3 Å². The van der Waals surface area contributed by atoms with Gasteiger partial charge in [-0.2, -0.15) is 0 Å². The summed E-state index contributed by atoms with van der Waals surface area (Å²) in [4.78, 5) is 22.4. The van der Waals surface area contributed by atoms with Crippen LogP contribution in [0, 0.1) is 23.7 Å². The molecule has 3 nitrogen and oxygen atoms in total. The van der Waals surface area contributed by atoms with Gasteiger partial charge in [-0.05, 0) is 18.3 Å². The number of fused-ring (bicyclic) bond motifs is 1. The molecule has 12 heavy (non-hydrogen) atoms. The van der Waals surface area contributed by atoms with E-state index in [0.717, 1.165) is 6.42 Å². The maximum atomic E-state index is 11.2. The van der Waals surface area contributed by atoms with Crippen molar-refractivity contribution in [2.24, 2.45) is 23.7 Å². The highest BCUT2D eigenvalue weighted by molar-refractivity contribution is 5.97. The fraction of sp³-hybridized carbons (Fsp3) is 0.778. The molecule has 0 N–H and O–H groups in total. The highest BCUT2D eigenvalue weighted by Gasteiger charge is 2.54. The van der Waals surface area contributed by atoms with Crippen LogP contribution in [0.3, 0.4) is 0 Å². The monoisotopic (exact) mass is 168 g/mol. The molecule has 2 fully saturated rings. The van der Waals surface area contributed by atoms with E-state index in [2.05, 4.69) is 4.74 Å². The average Bonchev–Trinajstić information content (AvgIpc) is 2.38. The molecule has 0 radical (unpaired) electrons. The van der Waals surface area contributed by atoms with Gasteiger partial charge < -0.3 is 4.74 Å². The van der Waals surface area contributed by atoms with Crippen molar-refractivity contribution >= 4 is 11.9 Å². The predicted molar refractivity (Wildman–Crippen MR) is 41.0 cm³/mol. The standard InChI is InChI=1S/C9H12O3/c1-4-3-5(2)7-6(4)8(10)12-9(7)11/h4-7H,3H2,1-2H3. The van der Waals surface area contributed by atoms with Crippen LogP contribution in [0.5, 0.6) is 0 Å². The minimum Gasteiger partial charge on any atom is -0.393 e. The topological polar surface area (TPSA) is 43.4 Å².